The first-order valence-corrected chi connectivity index (χ1v) is 7.78. The van der Waals surface area contributed by atoms with Crippen molar-refractivity contribution in [2.75, 3.05) is 26.7 Å². The number of oxazole rings is 1. The lowest BCUT2D eigenvalue weighted by atomic mass is 10.2. The third kappa shape index (κ3) is 3.43. The average Bonchev–Trinajstić information content (AvgIpc) is 2.86. The van der Waals surface area contributed by atoms with Crippen molar-refractivity contribution in [1.82, 2.24) is 14.8 Å². The number of benzene rings is 1. The predicted molar refractivity (Wildman–Crippen MR) is 84.0 cm³/mol. The van der Waals surface area contributed by atoms with Crippen LogP contribution in [0.2, 0.25) is 0 Å². The highest BCUT2D eigenvalue weighted by atomic mass is 19.1. The van der Waals surface area contributed by atoms with Gasteiger partial charge in [-0.1, -0.05) is 0 Å². The summed E-state index contributed by atoms with van der Waals surface area (Å²) in [4.78, 5) is 9.02. The van der Waals surface area contributed by atoms with Crippen LogP contribution in [0, 0.1) is 18.6 Å². The van der Waals surface area contributed by atoms with Gasteiger partial charge in [0, 0.05) is 32.2 Å². The Bertz CT molecular complexity index is 701. The van der Waals surface area contributed by atoms with Gasteiger partial charge in [0.05, 0.1) is 11.3 Å². The summed E-state index contributed by atoms with van der Waals surface area (Å²) in [6, 6.07) is 3.77. The number of aryl methyl sites for hydroxylation is 1. The second-order valence-corrected chi connectivity index (χ2v) is 6.21. The summed E-state index contributed by atoms with van der Waals surface area (Å²) < 4.78 is 32.8. The molecule has 124 valence electrons. The quantitative estimate of drug-likeness (QED) is 0.870. The first-order chi connectivity index (χ1) is 10.9. The lowest BCUT2D eigenvalue weighted by Crippen LogP contribution is -2.49. The van der Waals surface area contributed by atoms with Crippen LogP contribution in [-0.4, -0.2) is 47.5 Å². The fourth-order valence-corrected chi connectivity index (χ4v) is 2.83. The molecule has 3 rings (SSSR count). The number of halogens is 2. The van der Waals surface area contributed by atoms with Crippen LogP contribution in [0.15, 0.2) is 22.6 Å². The van der Waals surface area contributed by atoms with E-state index in [9.17, 15) is 8.78 Å². The summed E-state index contributed by atoms with van der Waals surface area (Å²) in [6.45, 7) is 7.56. The molecule has 0 saturated carbocycles. The van der Waals surface area contributed by atoms with Crippen molar-refractivity contribution in [1.29, 1.82) is 0 Å². The van der Waals surface area contributed by atoms with Crippen molar-refractivity contribution in [3.8, 4) is 11.5 Å². The molecule has 0 spiro atoms. The molecule has 2 heterocycles. The minimum atomic E-state index is -0.535. The first-order valence-electron chi connectivity index (χ1n) is 7.78. The van der Waals surface area contributed by atoms with Gasteiger partial charge in [-0.15, -0.1) is 0 Å². The zero-order valence-electron chi connectivity index (χ0n) is 13.6. The van der Waals surface area contributed by atoms with Crippen LogP contribution in [0.3, 0.4) is 0 Å². The standard InChI is InChI=1S/C17H21F2N3O/c1-11-9-22(7-6-21(11)3)10-16-12(2)23-17(20-16)14-8-13(18)4-5-15(14)19/h4-5,8,11H,6-7,9-10H2,1-3H3. The summed E-state index contributed by atoms with van der Waals surface area (Å²) in [5.41, 5.74) is 0.839. The van der Waals surface area contributed by atoms with E-state index in [0.717, 1.165) is 43.5 Å². The molecule has 1 saturated heterocycles. The molecule has 1 unspecified atom stereocenters. The van der Waals surface area contributed by atoms with E-state index in [1.807, 2.05) is 6.92 Å². The Morgan fingerprint density at radius 2 is 2.09 bits per heavy atom. The Kier molecular flexibility index (Phi) is 4.46. The topological polar surface area (TPSA) is 32.5 Å². The van der Waals surface area contributed by atoms with Gasteiger partial charge in [0.2, 0.25) is 5.89 Å². The van der Waals surface area contributed by atoms with Crippen LogP contribution in [0.25, 0.3) is 11.5 Å². The first kappa shape index (κ1) is 16.1. The molecule has 1 atom stereocenters. The molecule has 0 bridgehead atoms. The number of aromatic nitrogens is 1. The number of hydrogen-bond acceptors (Lipinski definition) is 4. The van der Waals surface area contributed by atoms with E-state index in [2.05, 4.69) is 28.8 Å². The lowest BCUT2D eigenvalue weighted by molar-refractivity contribution is 0.0988. The second-order valence-electron chi connectivity index (χ2n) is 6.21. The van der Waals surface area contributed by atoms with Gasteiger partial charge in [-0.3, -0.25) is 4.90 Å². The van der Waals surface area contributed by atoms with Gasteiger partial charge in [0.15, 0.2) is 0 Å². The summed E-state index contributed by atoms with van der Waals surface area (Å²) >= 11 is 0. The van der Waals surface area contributed by atoms with E-state index in [4.69, 9.17) is 4.42 Å². The molecule has 4 nitrogen and oxygen atoms in total. The third-order valence-corrected chi connectivity index (χ3v) is 4.47. The maximum Gasteiger partial charge on any atom is 0.229 e. The monoisotopic (exact) mass is 321 g/mol. The molecule has 1 aliphatic heterocycles. The highest BCUT2D eigenvalue weighted by molar-refractivity contribution is 5.54. The van der Waals surface area contributed by atoms with Gasteiger partial charge in [0.1, 0.15) is 17.4 Å². The minimum Gasteiger partial charge on any atom is -0.441 e. The van der Waals surface area contributed by atoms with Crippen molar-refractivity contribution in [3.05, 3.63) is 41.3 Å². The van der Waals surface area contributed by atoms with Crippen LogP contribution in [0.4, 0.5) is 8.78 Å². The van der Waals surface area contributed by atoms with Crippen molar-refractivity contribution in [2.24, 2.45) is 0 Å². The van der Waals surface area contributed by atoms with Gasteiger partial charge in [-0.05, 0) is 39.1 Å². The van der Waals surface area contributed by atoms with Crippen molar-refractivity contribution < 1.29 is 13.2 Å². The number of piperazine rings is 1. The summed E-state index contributed by atoms with van der Waals surface area (Å²) in [7, 11) is 2.12. The van der Waals surface area contributed by atoms with Gasteiger partial charge in [-0.25, -0.2) is 13.8 Å². The van der Waals surface area contributed by atoms with Gasteiger partial charge < -0.3 is 9.32 Å². The molecule has 1 aromatic carbocycles. The van der Waals surface area contributed by atoms with E-state index in [1.165, 1.54) is 0 Å². The fraction of sp³-hybridized carbons (Fsp3) is 0.471. The molecule has 0 N–H and O–H groups in total. The Morgan fingerprint density at radius 3 is 2.83 bits per heavy atom. The lowest BCUT2D eigenvalue weighted by Gasteiger charge is -2.37. The molecule has 0 radical (unpaired) electrons. The fourth-order valence-electron chi connectivity index (χ4n) is 2.83. The largest absolute Gasteiger partial charge is 0.441 e. The van der Waals surface area contributed by atoms with Crippen LogP contribution >= 0.6 is 0 Å². The normalized spacial score (nSPS) is 20.1. The average molecular weight is 321 g/mol. The Balaban J connectivity index is 1.80. The maximum atomic E-state index is 13.9. The molecule has 0 amide bonds. The van der Waals surface area contributed by atoms with Crippen LogP contribution in [-0.2, 0) is 6.54 Å². The highest BCUT2D eigenvalue weighted by Gasteiger charge is 2.23. The molecular weight excluding hydrogens is 300 g/mol. The maximum absolute atomic E-state index is 13.9. The van der Waals surface area contributed by atoms with Crippen LogP contribution < -0.4 is 0 Å². The Hall–Kier alpha value is -1.79. The number of likely N-dealkylation sites (N-methyl/N-ethyl adjacent to an activating group) is 1. The molecule has 6 heteroatoms. The van der Waals surface area contributed by atoms with Crippen molar-refractivity contribution in [2.45, 2.75) is 26.4 Å². The molecule has 2 aromatic rings. The van der Waals surface area contributed by atoms with Crippen LogP contribution in [0.1, 0.15) is 18.4 Å². The van der Waals surface area contributed by atoms with E-state index < -0.39 is 11.6 Å². The summed E-state index contributed by atoms with van der Waals surface area (Å²) in [5, 5.41) is 0. The van der Waals surface area contributed by atoms with E-state index in [-0.39, 0.29) is 11.5 Å². The Morgan fingerprint density at radius 1 is 1.30 bits per heavy atom. The zero-order valence-corrected chi connectivity index (χ0v) is 13.6. The number of rotatable bonds is 3. The van der Waals surface area contributed by atoms with Crippen molar-refractivity contribution >= 4 is 0 Å². The molecule has 1 fully saturated rings. The SMILES string of the molecule is Cc1oc(-c2cc(F)ccc2F)nc1CN1CCN(C)C(C)C1. The smallest absolute Gasteiger partial charge is 0.229 e. The van der Waals surface area contributed by atoms with Gasteiger partial charge in [0.25, 0.3) is 0 Å². The van der Waals surface area contributed by atoms with Gasteiger partial charge >= 0.3 is 0 Å². The van der Waals surface area contributed by atoms with Crippen molar-refractivity contribution in [3.63, 3.8) is 0 Å². The third-order valence-electron chi connectivity index (χ3n) is 4.47. The number of hydrogen-bond donors (Lipinski definition) is 0. The van der Waals surface area contributed by atoms with E-state index in [0.29, 0.717) is 18.3 Å². The summed E-state index contributed by atoms with van der Waals surface area (Å²) in [5.74, 6) is -0.258. The molecule has 1 aliphatic rings. The Labute approximate surface area is 134 Å². The minimum absolute atomic E-state index is 0.0612. The molecule has 1 aromatic heterocycles. The van der Waals surface area contributed by atoms with E-state index in [1.54, 1.807) is 0 Å². The van der Waals surface area contributed by atoms with E-state index >= 15 is 0 Å². The summed E-state index contributed by atoms with van der Waals surface area (Å²) in [6.07, 6.45) is 0. The molecule has 23 heavy (non-hydrogen) atoms. The zero-order chi connectivity index (χ0) is 16.6. The van der Waals surface area contributed by atoms with Gasteiger partial charge in [-0.2, -0.15) is 0 Å². The second kappa shape index (κ2) is 6.37. The number of nitrogens with zero attached hydrogens (tertiary/aromatic N) is 3. The molecule has 0 aliphatic carbocycles. The van der Waals surface area contributed by atoms with Crippen LogP contribution in [0.5, 0.6) is 0 Å². The predicted octanol–water partition coefficient (Wildman–Crippen LogP) is 3.06. The highest BCUT2D eigenvalue weighted by Crippen LogP contribution is 2.26. The molecular formula is C17H21F2N3O.